The van der Waals surface area contributed by atoms with E-state index in [4.69, 9.17) is 16.3 Å². The maximum Gasteiger partial charge on any atom is 0.317 e. The second-order valence-corrected chi connectivity index (χ2v) is 4.77. The summed E-state index contributed by atoms with van der Waals surface area (Å²) >= 11 is 5.84. The predicted molar refractivity (Wildman–Crippen MR) is 73.2 cm³/mol. The molecule has 0 radical (unpaired) electrons. The Balaban J connectivity index is 2.31. The lowest BCUT2D eigenvalue weighted by atomic mass is 10.3. The largest absolute Gasteiger partial charge is 0.492 e. The first-order valence-corrected chi connectivity index (χ1v) is 6.27. The van der Waals surface area contributed by atoms with Gasteiger partial charge in [-0.15, -0.1) is 0 Å². The fraction of sp³-hybridized carbons (Fsp3) is 0.462. The molecule has 0 saturated carbocycles. The molecule has 0 aliphatic carbocycles. The van der Waals surface area contributed by atoms with Gasteiger partial charge >= 0.3 is 6.03 Å². The van der Waals surface area contributed by atoms with Gasteiger partial charge in [0.15, 0.2) is 0 Å². The van der Waals surface area contributed by atoms with E-state index < -0.39 is 0 Å². The van der Waals surface area contributed by atoms with Crippen molar-refractivity contribution in [2.45, 2.75) is 19.9 Å². The molecule has 1 N–H and O–H groups in total. The fourth-order valence-corrected chi connectivity index (χ4v) is 1.50. The number of urea groups is 1. The Labute approximate surface area is 113 Å². The smallest absolute Gasteiger partial charge is 0.317 e. The number of hydrogen-bond donors (Lipinski definition) is 1. The minimum Gasteiger partial charge on any atom is -0.492 e. The highest BCUT2D eigenvalue weighted by Crippen LogP contribution is 2.16. The van der Waals surface area contributed by atoms with Crippen LogP contribution in [0.5, 0.6) is 5.75 Å². The molecule has 1 aromatic rings. The van der Waals surface area contributed by atoms with E-state index in [0.29, 0.717) is 23.9 Å². The molecule has 5 heteroatoms. The molecular weight excluding hydrogens is 252 g/mol. The van der Waals surface area contributed by atoms with Crippen LogP contribution in [0.25, 0.3) is 0 Å². The Hall–Kier alpha value is -1.42. The van der Waals surface area contributed by atoms with Crippen LogP contribution < -0.4 is 10.1 Å². The quantitative estimate of drug-likeness (QED) is 0.894. The van der Waals surface area contributed by atoms with Gasteiger partial charge in [0.2, 0.25) is 0 Å². The van der Waals surface area contributed by atoms with E-state index in [1.807, 2.05) is 26.0 Å². The van der Waals surface area contributed by atoms with Crippen LogP contribution in [0.2, 0.25) is 5.02 Å². The van der Waals surface area contributed by atoms with Crippen molar-refractivity contribution in [3.8, 4) is 5.75 Å². The van der Waals surface area contributed by atoms with Gasteiger partial charge in [0.05, 0.1) is 6.54 Å². The van der Waals surface area contributed by atoms with E-state index in [2.05, 4.69) is 5.32 Å². The van der Waals surface area contributed by atoms with Crippen molar-refractivity contribution >= 4 is 17.6 Å². The van der Waals surface area contributed by atoms with Crippen LogP contribution >= 0.6 is 11.6 Å². The molecule has 0 aromatic heterocycles. The van der Waals surface area contributed by atoms with Gasteiger partial charge in [0.25, 0.3) is 0 Å². The van der Waals surface area contributed by atoms with Gasteiger partial charge in [-0.1, -0.05) is 17.7 Å². The van der Waals surface area contributed by atoms with Crippen molar-refractivity contribution in [1.29, 1.82) is 0 Å². The van der Waals surface area contributed by atoms with Gasteiger partial charge in [0.1, 0.15) is 12.4 Å². The molecule has 0 unspecified atom stereocenters. The monoisotopic (exact) mass is 270 g/mol. The minimum absolute atomic E-state index is 0.0975. The molecule has 0 spiro atoms. The normalized spacial score (nSPS) is 10.3. The molecule has 1 rings (SSSR count). The third kappa shape index (κ3) is 5.27. The highest BCUT2D eigenvalue weighted by Gasteiger charge is 2.08. The molecular formula is C13H19ClN2O2. The highest BCUT2D eigenvalue weighted by molar-refractivity contribution is 6.30. The standard InChI is InChI=1S/C13H19ClN2O2/c1-10(2)15-13(17)16(3)7-8-18-12-6-4-5-11(14)9-12/h4-6,9-10H,7-8H2,1-3H3,(H,15,17). The molecule has 2 amide bonds. The van der Waals surface area contributed by atoms with Crippen molar-refractivity contribution < 1.29 is 9.53 Å². The Morgan fingerprint density at radius 2 is 2.22 bits per heavy atom. The van der Waals surface area contributed by atoms with Gasteiger partial charge in [-0.3, -0.25) is 0 Å². The molecule has 4 nitrogen and oxygen atoms in total. The summed E-state index contributed by atoms with van der Waals surface area (Å²) in [5.74, 6) is 0.708. The second-order valence-electron chi connectivity index (χ2n) is 4.33. The molecule has 0 fully saturated rings. The number of rotatable bonds is 5. The molecule has 18 heavy (non-hydrogen) atoms. The average Bonchev–Trinajstić information content (AvgIpc) is 2.28. The summed E-state index contributed by atoms with van der Waals surface area (Å²) in [7, 11) is 1.74. The summed E-state index contributed by atoms with van der Waals surface area (Å²) in [4.78, 5) is 13.2. The Morgan fingerprint density at radius 1 is 1.50 bits per heavy atom. The number of nitrogens with zero attached hydrogens (tertiary/aromatic N) is 1. The second kappa shape index (κ2) is 7.11. The van der Waals surface area contributed by atoms with Crippen LogP contribution in [0.3, 0.4) is 0 Å². The summed E-state index contributed by atoms with van der Waals surface area (Å²) in [5.41, 5.74) is 0. The van der Waals surface area contributed by atoms with Gasteiger partial charge < -0.3 is 15.0 Å². The lowest BCUT2D eigenvalue weighted by Gasteiger charge is -2.19. The third-order valence-corrected chi connectivity index (χ3v) is 2.49. The number of halogens is 1. The van der Waals surface area contributed by atoms with Crippen LogP contribution in [0.4, 0.5) is 4.79 Å². The Kier molecular flexibility index (Phi) is 5.78. The zero-order valence-electron chi connectivity index (χ0n) is 10.9. The van der Waals surface area contributed by atoms with Crippen LogP contribution in [0, 0.1) is 0 Å². The number of amides is 2. The number of hydrogen-bond acceptors (Lipinski definition) is 2. The molecule has 0 heterocycles. The lowest BCUT2D eigenvalue weighted by molar-refractivity contribution is 0.193. The lowest BCUT2D eigenvalue weighted by Crippen LogP contribution is -2.42. The van der Waals surface area contributed by atoms with E-state index in [0.717, 1.165) is 0 Å². The van der Waals surface area contributed by atoms with Crippen LogP contribution in [-0.2, 0) is 0 Å². The summed E-state index contributed by atoms with van der Waals surface area (Å²) in [6.07, 6.45) is 0. The number of ether oxygens (including phenoxy) is 1. The first kappa shape index (κ1) is 14.6. The number of benzene rings is 1. The first-order valence-electron chi connectivity index (χ1n) is 5.89. The average molecular weight is 271 g/mol. The van der Waals surface area contributed by atoms with E-state index in [-0.39, 0.29) is 12.1 Å². The Bertz CT molecular complexity index is 396. The van der Waals surface area contributed by atoms with Gasteiger partial charge in [-0.2, -0.15) is 0 Å². The third-order valence-electron chi connectivity index (χ3n) is 2.25. The van der Waals surface area contributed by atoms with Crippen molar-refractivity contribution in [2.75, 3.05) is 20.2 Å². The van der Waals surface area contributed by atoms with Crippen molar-refractivity contribution in [2.24, 2.45) is 0 Å². The fourth-order valence-electron chi connectivity index (χ4n) is 1.32. The van der Waals surface area contributed by atoms with Crippen molar-refractivity contribution in [3.05, 3.63) is 29.3 Å². The minimum atomic E-state index is -0.0975. The predicted octanol–water partition coefficient (Wildman–Crippen LogP) is 2.77. The number of nitrogens with one attached hydrogen (secondary N) is 1. The number of likely N-dealkylation sites (N-methyl/N-ethyl adjacent to an activating group) is 1. The first-order chi connectivity index (χ1) is 8.49. The van der Waals surface area contributed by atoms with E-state index in [1.165, 1.54) is 0 Å². The topological polar surface area (TPSA) is 41.6 Å². The summed E-state index contributed by atoms with van der Waals surface area (Å²) in [5, 5.41) is 3.45. The van der Waals surface area contributed by atoms with Gasteiger partial charge in [-0.25, -0.2) is 4.79 Å². The summed E-state index contributed by atoms with van der Waals surface area (Å²) in [6.45, 7) is 4.80. The van der Waals surface area contributed by atoms with Crippen molar-refractivity contribution in [1.82, 2.24) is 10.2 Å². The Morgan fingerprint density at radius 3 is 2.83 bits per heavy atom. The summed E-state index contributed by atoms with van der Waals surface area (Å²) in [6, 6.07) is 7.23. The number of carbonyl (C=O) groups excluding carboxylic acids is 1. The van der Waals surface area contributed by atoms with Gasteiger partial charge in [0, 0.05) is 18.1 Å². The molecule has 0 aliphatic heterocycles. The molecule has 0 aliphatic rings. The number of carbonyl (C=O) groups is 1. The molecule has 0 atom stereocenters. The zero-order valence-corrected chi connectivity index (χ0v) is 11.7. The van der Waals surface area contributed by atoms with Crippen molar-refractivity contribution in [3.63, 3.8) is 0 Å². The molecule has 100 valence electrons. The SMILES string of the molecule is CC(C)NC(=O)N(C)CCOc1cccc(Cl)c1. The van der Waals surface area contributed by atoms with E-state index >= 15 is 0 Å². The van der Waals surface area contributed by atoms with Gasteiger partial charge in [-0.05, 0) is 32.0 Å². The van der Waals surface area contributed by atoms with Crippen LogP contribution in [0.15, 0.2) is 24.3 Å². The maximum absolute atomic E-state index is 11.6. The zero-order chi connectivity index (χ0) is 13.5. The van der Waals surface area contributed by atoms with E-state index in [1.54, 1.807) is 24.1 Å². The van der Waals surface area contributed by atoms with Crippen LogP contribution in [-0.4, -0.2) is 37.2 Å². The van der Waals surface area contributed by atoms with E-state index in [9.17, 15) is 4.79 Å². The molecule has 0 bridgehead atoms. The summed E-state index contributed by atoms with van der Waals surface area (Å²) < 4.78 is 5.51. The van der Waals surface area contributed by atoms with Crippen LogP contribution in [0.1, 0.15) is 13.8 Å². The molecule has 1 aromatic carbocycles. The highest BCUT2D eigenvalue weighted by atomic mass is 35.5. The maximum atomic E-state index is 11.6. The molecule has 0 saturated heterocycles.